The molecule has 0 bridgehead atoms. The molecule has 20 heavy (non-hydrogen) atoms. The molecule has 0 radical (unpaired) electrons. The van der Waals surface area contributed by atoms with Gasteiger partial charge in [-0.3, -0.25) is 4.90 Å². The van der Waals surface area contributed by atoms with Crippen LogP contribution in [-0.2, 0) is 6.54 Å². The molecule has 0 amide bonds. The standard InChI is InChI=1S/C15H15ClN2O2/c16-13-5-3-4-11-12(15(19)20)8-10(17-14(11)13)9-18-6-1-2-7-18/h3-5,8H,1-2,6-7,9H2,(H,19,20). The minimum atomic E-state index is -0.942. The van der Waals surface area contributed by atoms with Crippen LogP contribution in [0.2, 0.25) is 5.02 Å². The maximum atomic E-state index is 11.4. The average Bonchev–Trinajstić information content (AvgIpc) is 2.92. The summed E-state index contributed by atoms with van der Waals surface area (Å²) in [6.07, 6.45) is 2.39. The number of fused-ring (bicyclic) bond motifs is 1. The first-order valence-electron chi connectivity index (χ1n) is 6.69. The summed E-state index contributed by atoms with van der Waals surface area (Å²) in [5.74, 6) is -0.942. The highest BCUT2D eigenvalue weighted by Crippen LogP contribution is 2.26. The molecule has 2 heterocycles. The lowest BCUT2D eigenvalue weighted by atomic mass is 10.1. The summed E-state index contributed by atoms with van der Waals surface area (Å²) in [6.45, 7) is 2.77. The quantitative estimate of drug-likeness (QED) is 0.943. The molecule has 0 aliphatic carbocycles. The molecule has 0 saturated carbocycles. The van der Waals surface area contributed by atoms with E-state index in [4.69, 9.17) is 11.6 Å². The molecule has 1 saturated heterocycles. The first-order chi connectivity index (χ1) is 9.65. The first kappa shape index (κ1) is 13.3. The Labute approximate surface area is 122 Å². The lowest BCUT2D eigenvalue weighted by molar-refractivity contribution is 0.0698. The number of aromatic nitrogens is 1. The van der Waals surface area contributed by atoms with Crippen LogP contribution in [0.1, 0.15) is 28.9 Å². The number of benzene rings is 1. The van der Waals surface area contributed by atoms with Crippen LogP contribution >= 0.6 is 11.6 Å². The lowest BCUT2D eigenvalue weighted by Gasteiger charge is -2.15. The number of hydrogen-bond acceptors (Lipinski definition) is 3. The molecule has 1 N–H and O–H groups in total. The number of halogens is 1. The third kappa shape index (κ3) is 2.49. The van der Waals surface area contributed by atoms with Gasteiger partial charge >= 0.3 is 5.97 Å². The smallest absolute Gasteiger partial charge is 0.336 e. The Morgan fingerprint density at radius 3 is 2.80 bits per heavy atom. The Kier molecular flexibility index (Phi) is 3.59. The molecule has 1 fully saturated rings. The van der Waals surface area contributed by atoms with Crippen LogP contribution in [0.4, 0.5) is 0 Å². The van der Waals surface area contributed by atoms with Gasteiger partial charge in [-0.25, -0.2) is 9.78 Å². The van der Waals surface area contributed by atoms with E-state index < -0.39 is 5.97 Å². The fourth-order valence-electron chi connectivity index (χ4n) is 2.69. The summed E-state index contributed by atoms with van der Waals surface area (Å²) in [6, 6.07) is 6.90. The summed E-state index contributed by atoms with van der Waals surface area (Å²) in [5, 5.41) is 10.5. The normalized spacial score (nSPS) is 15.8. The van der Waals surface area contributed by atoms with Crippen LogP contribution in [0.5, 0.6) is 0 Å². The highest BCUT2D eigenvalue weighted by atomic mass is 35.5. The highest BCUT2D eigenvalue weighted by molar-refractivity contribution is 6.35. The Morgan fingerprint density at radius 2 is 2.10 bits per heavy atom. The zero-order valence-electron chi connectivity index (χ0n) is 11.0. The van der Waals surface area contributed by atoms with Gasteiger partial charge in [0.25, 0.3) is 0 Å². The van der Waals surface area contributed by atoms with Crippen molar-refractivity contribution in [1.82, 2.24) is 9.88 Å². The fraction of sp³-hybridized carbons (Fsp3) is 0.333. The van der Waals surface area contributed by atoms with E-state index in [9.17, 15) is 9.90 Å². The molecule has 1 aliphatic rings. The summed E-state index contributed by atoms with van der Waals surface area (Å²) in [4.78, 5) is 18.3. The second kappa shape index (κ2) is 5.38. The van der Waals surface area contributed by atoms with Crippen molar-refractivity contribution in [1.29, 1.82) is 0 Å². The van der Waals surface area contributed by atoms with E-state index in [2.05, 4.69) is 9.88 Å². The second-order valence-electron chi connectivity index (χ2n) is 5.09. The van der Waals surface area contributed by atoms with E-state index in [-0.39, 0.29) is 5.56 Å². The summed E-state index contributed by atoms with van der Waals surface area (Å²) >= 11 is 6.15. The van der Waals surface area contributed by atoms with Crippen LogP contribution in [0, 0.1) is 0 Å². The van der Waals surface area contributed by atoms with Gasteiger partial charge in [-0.2, -0.15) is 0 Å². The summed E-state index contributed by atoms with van der Waals surface area (Å²) < 4.78 is 0. The van der Waals surface area contributed by atoms with Crippen molar-refractivity contribution < 1.29 is 9.90 Å². The van der Waals surface area contributed by atoms with Gasteiger partial charge in [0.1, 0.15) is 0 Å². The lowest BCUT2D eigenvalue weighted by Crippen LogP contribution is -2.19. The molecule has 1 aliphatic heterocycles. The number of carbonyl (C=O) groups is 1. The van der Waals surface area contributed by atoms with Crippen molar-refractivity contribution in [3.05, 3.63) is 40.5 Å². The van der Waals surface area contributed by atoms with E-state index in [0.717, 1.165) is 18.8 Å². The van der Waals surface area contributed by atoms with Gasteiger partial charge in [0.15, 0.2) is 0 Å². The van der Waals surface area contributed by atoms with E-state index >= 15 is 0 Å². The Bertz CT molecular complexity index is 666. The molecule has 4 nitrogen and oxygen atoms in total. The predicted molar refractivity (Wildman–Crippen MR) is 78.2 cm³/mol. The van der Waals surface area contributed by atoms with Crippen LogP contribution < -0.4 is 0 Å². The molecule has 0 unspecified atom stereocenters. The fourth-order valence-corrected chi connectivity index (χ4v) is 2.91. The largest absolute Gasteiger partial charge is 0.478 e. The number of rotatable bonds is 3. The summed E-state index contributed by atoms with van der Waals surface area (Å²) in [5.41, 5.74) is 1.61. The molecule has 5 heteroatoms. The number of pyridine rings is 1. The Balaban J connectivity index is 2.09. The minimum absolute atomic E-state index is 0.270. The van der Waals surface area contributed by atoms with Crippen LogP contribution in [0.15, 0.2) is 24.3 Å². The van der Waals surface area contributed by atoms with Gasteiger partial charge in [-0.15, -0.1) is 0 Å². The number of para-hydroxylation sites is 1. The topological polar surface area (TPSA) is 53.4 Å². The van der Waals surface area contributed by atoms with Gasteiger partial charge < -0.3 is 5.11 Å². The number of nitrogens with zero attached hydrogens (tertiary/aromatic N) is 2. The van der Waals surface area contributed by atoms with Crippen molar-refractivity contribution in [3.8, 4) is 0 Å². The Hall–Kier alpha value is -1.65. The maximum absolute atomic E-state index is 11.4. The van der Waals surface area contributed by atoms with E-state index in [1.807, 2.05) is 0 Å². The maximum Gasteiger partial charge on any atom is 0.336 e. The van der Waals surface area contributed by atoms with Crippen molar-refractivity contribution >= 4 is 28.5 Å². The van der Waals surface area contributed by atoms with Crippen molar-refractivity contribution in [2.75, 3.05) is 13.1 Å². The third-order valence-corrected chi connectivity index (χ3v) is 3.96. The van der Waals surface area contributed by atoms with E-state index in [1.165, 1.54) is 12.8 Å². The molecule has 104 valence electrons. The van der Waals surface area contributed by atoms with E-state index in [0.29, 0.717) is 22.5 Å². The monoisotopic (exact) mass is 290 g/mol. The first-order valence-corrected chi connectivity index (χ1v) is 7.07. The zero-order valence-corrected chi connectivity index (χ0v) is 11.7. The van der Waals surface area contributed by atoms with Crippen molar-refractivity contribution in [2.24, 2.45) is 0 Å². The predicted octanol–water partition coefficient (Wildman–Crippen LogP) is 3.18. The average molecular weight is 291 g/mol. The summed E-state index contributed by atoms with van der Waals surface area (Å²) in [7, 11) is 0. The SMILES string of the molecule is O=C(O)c1cc(CN2CCCC2)nc2c(Cl)cccc12. The molecule has 0 spiro atoms. The Morgan fingerprint density at radius 1 is 1.35 bits per heavy atom. The van der Waals surface area contributed by atoms with Crippen LogP contribution in [0.3, 0.4) is 0 Å². The minimum Gasteiger partial charge on any atom is -0.478 e. The molecule has 0 atom stereocenters. The molecule has 2 aromatic rings. The van der Waals surface area contributed by atoms with Gasteiger partial charge in [0.05, 0.1) is 21.8 Å². The molecular weight excluding hydrogens is 276 g/mol. The number of hydrogen-bond donors (Lipinski definition) is 1. The van der Waals surface area contributed by atoms with Crippen LogP contribution in [-0.4, -0.2) is 34.0 Å². The van der Waals surface area contributed by atoms with Gasteiger partial charge in [-0.1, -0.05) is 23.7 Å². The molecular formula is C15H15ClN2O2. The molecule has 1 aromatic carbocycles. The number of likely N-dealkylation sites (tertiary alicyclic amines) is 1. The number of aromatic carboxylic acids is 1. The third-order valence-electron chi connectivity index (χ3n) is 3.66. The van der Waals surface area contributed by atoms with Gasteiger partial charge in [0.2, 0.25) is 0 Å². The number of carboxylic acids is 1. The number of carboxylic acid groups (broad SMARTS) is 1. The highest BCUT2D eigenvalue weighted by Gasteiger charge is 2.17. The zero-order chi connectivity index (χ0) is 14.1. The van der Waals surface area contributed by atoms with E-state index in [1.54, 1.807) is 24.3 Å². The van der Waals surface area contributed by atoms with Crippen molar-refractivity contribution in [2.45, 2.75) is 19.4 Å². The second-order valence-corrected chi connectivity index (χ2v) is 5.49. The van der Waals surface area contributed by atoms with Gasteiger partial charge in [0, 0.05) is 11.9 Å². The molecule has 3 rings (SSSR count). The van der Waals surface area contributed by atoms with Crippen molar-refractivity contribution in [3.63, 3.8) is 0 Å². The van der Waals surface area contributed by atoms with Gasteiger partial charge in [-0.05, 0) is 38.1 Å². The molecule has 1 aromatic heterocycles. The van der Waals surface area contributed by atoms with Crippen LogP contribution in [0.25, 0.3) is 10.9 Å².